The maximum Gasteiger partial charge on any atom is 0.258 e. The van der Waals surface area contributed by atoms with Gasteiger partial charge in [-0.3, -0.25) is 9.59 Å². The fraction of sp³-hybridized carbons (Fsp3) is 0.556. The summed E-state index contributed by atoms with van der Waals surface area (Å²) in [6, 6.07) is 6.87. The molecule has 24 heavy (non-hydrogen) atoms. The molecule has 0 aliphatic heterocycles. The number of rotatable bonds is 8. The number of hydrogen-bond donors (Lipinski definition) is 2. The van der Waals surface area contributed by atoms with E-state index in [0.717, 1.165) is 19.3 Å². The predicted molar refractivity (Wildman–Crippen MR) is 94.1 cm³/mol. The summed E-state index contributed by atoms with van der Waals surface area (Å²) in [5, 5.41) is 6.65. The molecule has 0 heterocycles. The average Bonchev–Trinajstić information content (AvgIpc) is 3.25. The summed E-state index contributed by atoms with van der Waals surface area (Å²) < 4.78 is 5.45. The lowest BCUT2D eigenvalue weighted by Gasteiger charge is -2.19. The highest BCUT2D eigenvalue weighted by atomic mass is 35.5. The number of carbonyl (C=O) groups is 2. The third kappa shape index (κ3) is 4.63. The molecule has 5 nitrogen and oxygen atoms in total. The standard InChI is InChI=1S/C18H25ClN2O3/c1-4-12(3)17(23)20-15-10-18(15,5-2)21-16(22)11-24-14-8-6-13(19)7-9-14/h6-9,12,15H,4-5,10-11H2,1-3H3,(H,20,23)(H,21,22)/t12?,15-,18?/m0/s1. The first-order chi connectivity index (χ1) is 11.4. The van der Waals surface area contributed by atoms with E-state index in [0.29, 0.717) is 10.8 Å². The Labute approximate surface area is 148 Å². The second-order valence-corrected chi connectivity index (χ2v) is 6.81. The highest BCUT2D eigenvalue weighted by Gasteiger charge is 2.54. The molecule has 1 fully saturated rings. The van der Waals surface area contributed by atoms with Gasteiger partial charge in [0, 0.05) is 10.9 Å². The van der Waals surface area contributed by atoms with Crippen LogP contribution in [0.4, 0.5) is 0 Å². The summed E-state index contributed by atoms with van der Waals surface area (Å²) >= 11 is 5.81. The summed E-state index contributed by atoms with van der Waals surface area (Å²) in [6.07, 6.45) is 2.34. The van der Waals surface area contributed by atoms with Crippen LogP contribution in [-0.2, 0) is 9.59 Å². The van der Waals surface area contributed by atoms with Crippen molar-refractivity contribution in [1.29, 1.82) is 0 Å². The molecule has 0 spiro atoms. The second-order valence-electron chi connectivity index (χ2n) is 6.38. The number of halogens is 1. The van der Waals surface area contributed by atoms with E-state index < -0.39 is 0 Å². The number of ether oxygens (including phenoxy) is 1. The Balaban J connectivity index is 1.81. The van der Waals surface area contributed by atoms with Crippen molar-refractivity contribution >= 4 is 23.4 Å². The van der Waals surface area contributed by atoms with Gasteiger partial charge in [0.15, 0.2) is 6.61 Å². The topological polar surface area (TPSA) is 67.4 Å². The Hall–Kier alpha value is -1.75. The first-order valence-corrected chi connectivity index (χ1v) is 8.77. The molecule has 1 aromatic carbocycles. The number of carbonyl (C=O) groups excluding carboxylic acids is 2. The lowest BCUT2D eigenvalue weighted by Crippen LogP contribution is -2.46. The molecule has 1 saturated carbocycles. The lowest BCUT2D eigenvalue weighted by atomic mass is 10.1. The Kier molecular flexibility index (Phi) is 6.10. The van der Waals surface area contributed by atoms with Crippen molar-refractivity contribution in [2.75, 3.05) is 6.61 Å². The van der Waals surface area contributed by atoms with Crippen molar-refractivity contribution in [3.63, 3.8) is 0 Å². The van der Waals surface area contributed by atoms with Crippen LogP contribution in [0.2, 0.25) is 5.02 Å². The van der Waals surface area contributed by atoms with Crippen molar-refractivity contribution in [3.8, 4) is 5.75 Å². The van der Waals surface area contributed by atoms with Gasteiger partial charge in [0.05, 0.1) is 11.6 Å². The van der Waals surface area contributed by atoms with Gasteiger partial charge in [-0.25, -0.2) is 0 Å². The number of nitrogens with one attached hydrogen (secondary N) is 2. The predicted octanol–water partition coefficient (Wildman–Crippen LogP) is 2.92. The highest BCUT2D eigenvalue weighted by molar-refractivity contribution is 6.30. The molecule has 0 aromatic heterocycles. The van der Waals surface area contributed by atoms with Crippen LogP contribution >= 0.6 is 11.6 Å². The molecule has 132 valence electrons. The molecule has 1 aliphatic rings. The fourth-order valence-corrected chi connectivity index (χ4v) is 2.73. The molecule has 2 unspecified atom stereocenters. The zero-order valence-corrected chi connectivity index (χ0v) is 15.2. The van der Waals surface area contributed by atoms with E-state index >= 15 is 0 Å². The minimum absolute atomic E-state index is 0.00322. The summed E-state index contributed by atoms with van der Waals surface area (Å²) in [5.74, 6) is 0.443. The van der Waals surface area contributed by atoms with E-state index in [2.05, 4.69) is 10.6 Å². The third-order valence-corrected chi connectivity index (χ3v) is 4.91. The SMILES string of the molecule is CCC(C)C(=O)N[C@H]1CC1(CC)NC(=O)COc1ccc(Cl)cc1. The van der Waals surface area contributed by atoms with Crippen LogP contribution in [0.5, 0.6) is 5.75 Å². The van der Waals surface area contributed by atoms with Crippen LogP contribution in [0, 0.1) is 5.92 Å². The van der Waals surface area contributed by atoms with Crippen molar-refractivity contribution < 1.29 is 14.3 Å². The van der Waals surface area contributed by atoms with Gasteiger partial charge >= 0.3 is 0 Å². The summed E-state index contributed by atoms with van der Waals surface area (Å²) in [4.78, 5) is 24.1. The van der Waals surface area contributed by atoms with Gasteiger partial charge in [-0.1, -0.05) is 32.4 Å². The first-order valence-electron chi connectivity index (χ1n) is 8.40. The zero-order valence-electron chi connectivity index (χ0n) is 14.4. The Morgan fingerprint density at radius 2 is 2.00 bits per heavy atom. The maximum atomic E-state index is 12.1. The van der Waals surface area contributed by atoms with Gasteiger partial charge in [-0.05, 0) is 43.5 Å². The van der Waals surface area contributed by atoms with Crippen LogP contribution in [0.3, 0.4) is 0 Å². The fourth-order valence-electron chi connectivity index (χ4n) is 2.60. The molecule has 2 N–H and O–H groups in total. The van der Waals surface area contributed by atoms with Crippen LogP contribution in [0.1, 0.15) is 40.0 Å². The van der Waals surface area contributed by atoms with Crippen molar-refractivity contribution in [1.82, 2.24) is 10.6 Å². The van der Waals surface area contributed by atoms with Gasteiger partial charge in [0.2, 0.25) is 5.91 Å². The summed E-state index contributed by atoms with van der Waals surface area (Å²) in [5.41, 5.74) is -0.344. The normalized spacial score (nSPS) is 23.2. The average molecular weight is 353 g/mol. The Morgan fingerprint density at radius 1 is 1.33 bits per heavy atom. The quantitative estimate of drug-likeness (QED) is 0.756. The summed E-state index contributed by atoms with van der Waals surface area (Å²) in [6.45, 7) is 5.84. The number of amides is 2. The van der Waals surface area contributed by atoms with E-state index in [1.807, 2.05) is 20.8 Å². The van der Waals surface area contributed by atoms with Gasteiger partial charge in [-0.2, -0.15) is 0 Å². The minimum atomic E-state index is -0.344. The molecule has 2 rings (SSSR count). The highest BCUT2D eigenvalue weighted by Crippen LogP contribution is 2.39. The van der Waals surface area contributed by atoms with Crippen LogP contribution < -0.4 is 15.4 Å². The molecule has 0 saturated heterocycles. The molecule has 3 atom stereocenters. The molecule has 1 aromatic rings. The smallest absolute Gasteiger partial charge is 0.258 e. The molecular weight excluding hydrogens is 328 g/mol. The molecular formula is C18H25ClN2O3. The van der Waals surface area contributed by atoms with Gasteiger partial charge in [-0.15, -0.1) is 0 Å². The van der Waals surface area contributed by atoms with Gasteiger partial charge in [0.1, 0.15) is 5.75 Å². The van der Waals surface area contributed by atoms with Crippen LogP contribution in [0.15, 0.2) is 24.3 Å². The van der Waals surface area contributed by atoms with Gasteiger partial charge in [0.25, 0.3) is 5.91 Å². The van der Waals surface area contributed by atoms with E-state index in [1.54, 1.807) is 24.3 Å². The molecule has 1 aliphatic carbocycles. The van der Waals surface area contributed by atoms with Crippen molar-refractivity contribution in [2.24, 2.45) is 5.92 Å². The largest absolute Gasteiger partial charge is 0.484 e. The monoisotopic (exact) mass is 352 g/mol. The molecule has 0 radical (unpaired) electrons. The Bertz CT molecular complexity index is 590. The van der Waals surface area contributed by atoms with E-state index in [4.69, 9.17) is 16.3 Å². The van der Waals surface area contributed by atoms with E-state index in [-0.39, 0.29) is 35.9 Å². The van der Waals surface area contributed by atoms with Crippen LogP contribution in [-0.4, -0.2) is 30.0 Å². The molecule has 6 heteroatoms. The molecule has 2 amide bonds. The van der Waals surface area contributed by atoms with E-state index in [9.17, 15) is 9.59 Å². The minimum Gasteiger partial charge on any atom is -0.484 e. The van der Waals surface area contributed by atoms with Gasteiger partial charge < -0.3 is 15.4 Å². The number of hydrogen-bond acceptors (Lipinski definition) is 3. The number of benzene rings is 1. The lowest BCUT2D eigenvalue weighted by molar-refractivity contribution is -0.126. The Morgan fingerprint density at radius 3 is 2.58 bits per heavy atom. The third-order valence-electron chi connectivity index (χ3n) is 4.65. The first kappa shape index (κ1) is 18.6. The van der Waals surface area contributed by atoms with Crippen LogP contribution in [0.25, 0.3) is 0 Å². The summed E-state index contributed by atoms with van der Waals surface area (Å²) in [7, 11) is 0. The van der Waals surface area contributed by atoms with E-state index in [1.165, 1.54) is 0 Å². The maximum absolute atomic E-state index is 12.1. The van der Waals surface area contributed by atoms with Crippen molar-refractivity contribution in [3.05, 3.63) is 29.3 Å². The van der Waals surface area contributed by atoms with Crippen molar-refractivity contribution in [2.45, 2.75) is 51.6 Å². The second kappa shape index (κ2) is 7.88. The zero-order chi connectivity index (χ0) is 17.7. The molecule has 0 bridgehead atoms.